The van der Waals surface area contributed by atoms with Crippen LogP contribution in [0.1, 0.15) is 51.0 Å². The zero-order chi connectivity index (χ0) is 28.8. The summed E-state index contributed by atoms with van der Waals surface area (Å²) in [6.45, 7) is 1.36. The average Bonchev–Trinajstić information content (AvgIpc) is 2.95. The number of aromatic nitrogens is 1. The molecule has 0 spiro atoms. The van der Waals surface area contributed by atoms with Crippen LogP contribution in [0.2, 0.25) is 0 Å². The Balaban J connectivity index is 1.63. The lowest BCUT2D eigenvalue weighted by Gasteiger charge is -2.23. The zero-order valence-corrected chi connectivity index (χ0v) is 22.0. The van der Waals surface area contributed by atoms with Crippen molar-refractivity contribution in [2.45, 2.75) is 25.3 Å². The molecule has 8 nitrogen and oxygen atoms in total. The van der Waals surface area contributed by atoms with Crippen LogP contribution in [0.25, 0.3) is 11.1 Å². The second-order valence-electron chi connectivity index (χ2n) is 9.60. The van der Waals surface area contributed by atoms with E-state index in [1.165, 1.54) is 22.8 Å². The van der Waals surface area contributed by atoms with Crippen molar-refractivity contribution in [2.24, 2.45) is 12.2 Å². The Hall–Kier alpha value is -4.92. The molecule has 0 fully saturated rings. The number of aliphatic carboxylic acids is 1. The molecular weight excluding hydrogens is 513 g/mol. The molecule has 2 N–H and O–H groups in total. The van der Waals surface area contributed by atoms with E-state index in [2.05, 4.69) is 10.5 Å². The van der Waals surface area contributed by atoms with Crippen LogP contribution in [0, 0.1) is 17.6 Å². The summed E-state index contributed by atoms with van der Waals surface area (Å²) in [5.41, 5.74) is 5.03. The predicted molar refractivity (Wildman–Crippen MR) is 150 cm³/mol. The lowest BCUT2D eigenvalue weighted by molar-refractivity contribution is -0.135. The number of nitroso groups, excluding NO2 is 1. The standard InChI is InChI=1S/C31H28FN3O5/c1-19-15-25(32)12-13-26(19)27(16-28(34-40)24-11-14-29(36)35(2)18-24)22-7-3-20(4-8-22)21-5-9-23(10-6-21)31(39)33-17-30(37)38/h3-15,18,27-28H,16-17H2,1-2H3,(H,33,39)(H,37,38). The Bertz CT molecular complexity index is 1600. The molecule has 0 radical (unpaired) electrons. The van der Waals surface area contributed by atoms with E-state index in [1.54, 1.807) is 49.6 Å². The summed E-state index contributed by atoms with van der Waals surface area (Å²) in [6, 6.07) is 21.4. The third-order valence-electron chi connectivity index (χ3n) is 6.88. The van der Waals surface area contributed by atoms with Gasteiger partial charge in [-0.2, -0.15) is 4.91 Å². The number of amides is 1. The number of aryl methyl sites for hydroxylation is 2. The van der Waals surface area contributed by atoms with Crippen molar-refractivity contribution in [3.05, 3.63) is 134 Å². The van der Waals surface area contributed by atoms with E-state index >= 15 is 0 Å². The van der Waals surface area contributed by atoms with Crippen LogP contribution >= 0.6 is 0 Å². The van der Waals surface area contributed by atoms with E-state index in [4.69, 9.17) is 5.11 Å². The number of pyridine rings is 1. The summed E-state index contributed by atoms with van der Waals surface area (Å²) in [5, 5.41) is 14.4. The molecule has 1 aromatic heterocycles. The fourth-order valence-corrected chi connectivity index (χ4v) is 4.73. The lowest BCUT2D eigenvalue weighted by Crippen LogP contribution is -2.29. The number of benzene rings is 3. The number of hydrogen-bond donors (Lipinski definition) is 2. The van der Waals surface area contributed by atoms with Crippen LogP contribution in [-0.2, 0) is 11.8 Å². The number of nitrogens with zero attached hydrogens (tertiary/aromatic N) is 2. The van der Waals surface area contributed by atoms with Gasteiger partial charge in [-0.15, -0.1) is 0 Å². The SMILES string of the molecule is Cc1cc(F)ccc1C(CC(N=O)c1ccc(=O)n(C)c1)c1ccc(-c2ccc(C(=O)NCC(=O)O)cc2)cc1. The first-order chi connectivity index (χ1) is 19.2. The molecule has 204 valence electrons. The molecule has 0 saturated heterocycles. The minimum atomic E-state index is -1.12. The summed E-state index contributed by atoms with van der Waals surface area (Å²) in [5.74, 6) is -2.23. The van der Waals surface area contributed by atoms with Crippen LogP contribution < -0.4 is 10.9 Å². The van der Waals surface area contributed by atoms with Crippen molar-refractivity contribution >= 4 is 11.9 Å². The van der Waals surface area contributed by atoms with Gasteiger partial charge in [-0.05, 0) is 77.1 Å². The van der Waals surface area contributed by atoms with Crippen molar-refractivity contribution in [3.8, 4) is 11.1 Å². The van der Waals surface area contributed by atoms with E-state index in [-0.39, 0.29) is 17.3 Å². The van der Waals surface area contributed by atoms with Crippen molar-refractivity contribution < 1.29 is 19.1 Å². The fraction of sp³-hybridized carbons (Fsp3) is 0.194. The average molecular weight is 542 g/mol. The van der Waals surface area contributed by atoms with Gasteiger partial charge in [-0.1, -0.05) is 47.6 Å². The van der Waals surface area contributed by atoms with Crippen LogP contribution in [0.3, 0.4) is 0 Å². The number of nitrogens with one attached hydrogen (secondary N) is 1. The van der Waals surface area contributed by atoms with Crippen LogP contribution in [0.15, 0.2) is 95.0 Å². The molecule has 0 aliphatic heterocycles. The highest BCUT2D eigenvalue weighted by Gasteiger charge is 2.24. The molecule has 1 amide bonds. The van der Waals surface area contributed by atoms with Crippen LogP contribution in [0.5, 0.6) is 0 Å². The van der Waals surface area contributed by atoms with Crippen molar-refractivity contribution in [1.82, 2.24) is 9.88 Å². The Morgan fingerprint density at radius 3 is 2.15 bits per heavy atom. The summed E-state index contributed by atoms with van der Waals surface area (Å²) in [4.78, 5) is 46.6. The van der Waals surface area contributed by atoms with Gasteiger partial charge < -0.3 is 15.0 Å². The molecule has 0 bridgehead atoms. The largest absolute Gasteiger partial charge is 0.480 e. The van der Waals surface area contributed by atoms with Gasteiger partial charge >= 0.3 is 5.97 Å². The minimum absolute atomic E-state index is 0.191. The number of rotatable bonds is 10. The molecule has 4 aromatic rings. The van der Waals surface area contributed by atoms with Crippen LogP contribution in [0.4, 0.5) is 4.39 Å². The molecule has 4 rings (SSSR count). The molecule has 9 heteroatoms. The van der Waals surface area contributed by atoms with Crippen LogP contribution in [-0.4, -0.2) is 28.1 Å². The molecule has 0 aliphatic rings. The van der Waals surface area contributed by atoms with Gasteiger partial charge in [0.25, 0.3) is 5.91 Å². The van der Waals surface area contributed by atoms with Crippen molar-refractivity contribution in [1.29, 1.82) is 0 Å². The Kier molecular flexibility index (Phi) is 8.63. The van der Waals surface area contributed by atoms with Crippen molar-refractivity contribution in [2.75, 3.05) is 6.54 Å². The molecular formula is C31H28FN3O5. The maximum absolute atomic E-state index is 13.9. The Labute approximate surface area is 230 Å². The smallest absolute Gasteiger partial charge is 0.322 e. The van der Waals surface area contributed by atoms with E-state index in [0.717, 1.165) is 27.8 Å². The molecule has 1 heterocycles. The lowest BCUT2D eigenvalue weighted by atomic mass is 9.82. The molecule has 40 heavy (non-hydrogen) atoms. The van der Waals surface area contributed by atoms with Gasteiger partial charge in [0.15, 0.2) is 0 Å². The third-order valence-corrected chi connectivity index (χ3v) is 6.88. The van der Waals surface area contributed by atoms with E-state index in [0.29, 0.717) is 17.5 Å². The van der Waals surface area contributed by atoms with Gasteiger partial charge in [0.05, 0.1) is 0 Å². The Morgan fingerprint density at radius 1 is 0.950 bits per heavy atom. The van der Waals surface area contributed by atoms with Gasteiger partial charge in [-0.3, -0.25) is 14.4 Å². The molecule has 2 atom stereocenters. The molecule has 2 unspecified atom stereocenters. The number of hydrogen-bond acceptors (Lipinski definition) is 5. The molecule has 3 aromatic carbocycles. The third kappa shape index (κ3) is 6.55. The highest BCUT2D eigenvalue weighted by molar-refractivity contribution is 5.96. The zero-order valence-electron chi connectivity index (χ0n) is 22.0. The Morgan fingerprint density at radius 2 is 1.57 bits per heavy atom. The first-order valence-corrected chi connectivity index (χ1v) is 12.6. The predicted octanol–water partition coefficient (Wildman–Crippen LogP) is 5.34. The number of carboxylic acids is 1. The second kappa shape index (κ2) is 12.3. The number of halogens is 1. The summed E-state index contributed by atoms with van der Waals surface area (Å²) in [7, 11) is 1.61. The minimum Gasteiger partial charge on any atom is -0.480 e. The van der Waals surface area contributed by atoms with Gasteiger partial charge in [0.1, 0.15) is 18.4 Å². The monoisotopic (exact) mass is 541 g/mol. The first kappa shape index (κ1) is 28.1. The quantitative estimate of drug-likeness (QED) is 0.263. The highest BCUT2D eigenvalue weighted by Crippen LogP contribution is 2.38. The topological polar surface area (TPSA) is 118 Å². The normalized spacial score (nSPS) is 12.4. The fourth-order valence-electron chi connectivity index (χ4n) is 4.73. The first-order valence-electron chi connectivity index (χ1n) is 12.6. The summed E-state index contributed by atoms with van der Waals surface area (Å²) in [6.07, 6.45) is 1.92. The van der Waals surface area contributed by atoms with Crippen molar-refractivity contribution in [3.63, 3.8) is 0 Å². The van der Waals surface area contributed by atoms with E-state index < -0.39 is 24.5 Å². The molecule has 0 aliphatic carbocycles. The maximum atomic E-state index is 13.9. The van der Waals surface area contributed by atoms with E-state index in [1.807, 2.05) is 31.2 Å². The summed E-state index contributed by atoms with van der Waals surface area (Å²) >= 11 is 0. The summed E-state index contributed by atoms with van der Waals surface area (Å²) < 4.78 is 15.3. The number of carbonyl (C=O) groups is 2. The number of carboxylic acid groups (broad SMARTS) is 1. The van der Waals surface area contributed by atoms with Gasteiger partial charge in [0.2, 0.25) is 5.56 Å². The van der Waals surface area contributed by atoms with E-state index in [9.17, 15) is 23.7 Å². The second-order valence-corrected chi connectivity index (χ2v) is 9.60. The number of carbonyl (C=O) groups excluding carboxylic acids is 1. The van der Waals surface area contributed by atoms with Gasteiger partial charge in [0, 0.05) is 30.8 Å². The molecule has 0 saturated carbocycles. The highest BCUT2D eigenvalue weighted by atomic mass is 19.1. The van der Waals surface area contributed by atoms with Gasteiger partial charge in [-0.25, -0.2) is 4.39 Å². The maximum Gasteiger partial charge on any atom is 0.322 e.